The molecule has 1 aliphatic carbocycles. The highest BCUT2D eigenvalue weighted by Crippen LogP contribution is 2.42. The van der Waals surface area contributed by atoms with Gasteiger partial charge in [-0.25, -0.2) is 0 Å². The van der Waals surface area contributed by atoms with E-state index in [2.05, 4.69) is 32.3 Å². The Hall–Kier alpha value is 0.270. The molecule has 0 aromatic rings. The van der Waals surface area contributed by atoms with Crippen LogP contribution in [0.3, 0.4) is 0 Å². The SMILES string of the molecule is CCOC1CC(NCCSC)C1(C)C. The van der Waals surface area contributed by atoms with Gasteiger partial charge in [0.1, 0.15) is 0 Å². The maximum Gasteiger partial charge on any atom is 0.0655 e. The van der Waals surface area contributed by atoms with E-state index in [1.54, 1.807) is 0 Å². The molecule has 1 aliphatic rings. The van der Waals surface area contributed by atoms with Crippen molar-refractivity contribution < 1.29 is 4.74 Å². The van der Waals surface area contributed by atoms with Crippen molar-refractivity contribution in [2.45, 2.75) is 39.3 Å². The molecule has 2 nitrogen and oxygen atoms in total. The minimum absolute atomic E-state index is 0.314. The molecule has 0 saturated heterocycles. The first-order valence-electron chi connectivity index (χ1n) is 5.46. The van der Waals surface area contributed by atoms with Crippen LogP contribution in [0.1, 0.15) is 27.2 Å². The predicted molar refractivity (Wildman–Crippen MR) is 64.0 cm³/mol. The second kappa shape index (κ2) is 5.38. The average Bonchev–Trinajstić information content (AvgIpc) is 2.15. The summed E-state index contributed by atoms with van der Waals surface area (Å²) in [5.74, 6) is 1.20. The quantitative estimate of drug-likeness (QED) is 0.689. The third-order valence-electron chi connectivity index (χ3n) is 3.24. The van der Waals surface area contributed by atoms with Gasteiger partial charge in [0.2, 0.25) is 0 Å². The van der Waals surface area contributed by atoms with Crippen LogP contribution >= 0.6 is 11.8 Å². The molecule has 0 heterocycles. The van der Waals surface area contributed by atoms with Crippen LogP contribution in [0.2, 0.25) is 0 Å². The second-order valence-electron chi connectivity index (χ2n) is 4.50. The largest absolute Gasteiger partial charge is 0.378 e. The van der Waals surface area contributed by atoms with Crippen molar-refractivity contribution in [1.29, 1.82) is 0 Å². The zero-order valence-electron chi connectivity index (χ0n) is 9.80. The number of hydrogen-bond acceptors (Lipinski definition) is 3. The van der Waals surface area contributed by atoms with Crippen LogP contribution in [0.5, 0.6) is 0 Å². The molecular formula is C11H23NOS. The zero-order chi connectivity index (χ0) is 10.6. The van der Waals surface area contributed by atoms with Gasteiger partial charge in [-0.15, -0.1) is 0 Å². The number of hydrogen-bond donors (Lipinski definition) is 1. The van der Waals surface area contributed by atoms with Crippen molar-refractivity contribution in [1.82, 2.24) is 5.32 Å². The Morgan fingerprint density at radius 3 is 2.71 bits per heavy atom. The maximum atomic E-state index is 5.68. The number of thioether (sulfide) groups is 1. The molecule has 0 aromatic carbocycles. The van der Waals surface area contributed by atoms with Crippen molar-refractivity contribution in [3.8, 4) is 0 Å². The maximum absolute atomic E-state index is 5.68. The van der Waals surface area contributed by atoms with Crippen molar-refractivity contribution in [2.75, 3.05) is 25.2 Å². The van der Waals surface area contributed by atoms with Gasteiger partial charge in [0, 0.05) is 30.4 Å². The number of rotatable bonds is 6. The Morgan fingerprint density at radius 2 is 2.21 bits per heavy atom. The topological polar surface area (TPSA) is 21.3 Å². The summed E-state index contributed by atoms with van der Waals surface area (Å²) >= 11 is 1.90. The molecule has 0 amide bonds. The van der Waals surface area contributed by atoms with E-state index < -0.39 is 0 Å². The molecule has 1 rings (SSSR count). The summed E-state index contributed by atoms with van der Waals surface area (Å²) in [5.41, 5.74) is 0.314. The smallest absolute Gasteiger partial charge is 0.0655 e. The molecule has 84 valence electrons. The molecule has 0 aromatic heterocycles. The third kappa shape index (κ3) is 2.65. The minimum atomic E-state index is 0.314. The zero-order valence-corrected chi connectivity index (χ0v) is 10.6. The summed E-state index contributed by atoms with van der Waals surface area (Å²) in [6.07, 6.45) is 3.78. The molecule has 2 atom stereocenters. The third-order valence-corrected chi connectivity index (χ3v) is 3.85. The standard InChI is InChI=1S/C11H23NOS/c1-5-13-10-8-9(11(10,2)3)12-6-7-14-4/h9-10,12H,5-8H2,1-4H3. The molecule has 1 saturated carbocycles. The summed E-state index contributed by atoms with van der Waals surface area (Å²) in [5, 5.41) is 3.60. The normalized spacial score (nSPS) is 30.0. The van der Waals surface area contributed by atoms with E-state index in [4.69, 9.17) is 4.74 Å². The van der Waals surface area contributed by atoms with E-state index in [1.165, 1.54) is 12.2 Å². The average molecular weight is 217 g/mol. The predicted octanol–water partition coefficient (Wildman–Crippen LogP) is 2.14. The van der Waals surface area contributed by atoms with Gasteiger partial charge in [-0.3, -0.25) is 0 Å². The highest BCUT2D eigenvalue weighted by molar-refractivity contribution is 7.98. The molecule has 0 spiro atoms. The monoisotopic (exact) mass is 217 g/mol. The lowest BCUT2D eigenvalue weighted by Crippen LogP contribution is -2.61. The van der Waals surface area contributed by atoms with Gasteiger partial charge in [-0.1, -0.05) is 13.8 Å². The lowest BCUT2D eigenvalue weighted by molar-refractivity contribution is -0.113. The summed E-state index contributed by atoms with van der Waals surface area (Å²) in [6.45, 7) is 8.63. The van der Waals surface area contributed by atoms with Crippen LogP contribution in [0, 0.1) is 5.41 Å². The van der Waals surface area contributed by atoms with Crippen LogP contribution in [0.15, 0.2) is 0 Å². The first kappa shape index (κ1) is 12.3. The molecule has 2 unspecified atom stereocenters. The fourth-order valence-electron chi connectivity index (χ4n) is 2.05. The molecule has 3 heteroatoms. The van der Waals surface area contributed by atoms with E-state index in [1.807, 2.05) is 11.8 Å². The van der Waals surface area contributed by atoms with Gasteiger partial charge in [0.25, 0.3) is 0 Å². The first-order chi connectivity index (χ1) is 6.62. The lowest BCUT2D eigenvalue weighted by atomic mass is 9.64. The summed E-state index contributed by atoms with van der Waals surface area (Å²) in [4.78, 5) is 0. The second-order valence-corrected chi connectivity index (χ2v) is 5.49. The molecule has 0 aliphatic heterocycles. The molecule has 14 heavy (non-hydrogen) atoms. The fourth-order valence-corrected chi connectivity index (χ4v) is 2.37. The molecule has 0 bridgehead atoms. The van der Waals surface area contributed by atoms with Gasteiger partial charge in [-0.05, 0) is 19.6 Å². The molecule has 0 radical (unpaired) electrons. The summed E-state index contributed by atoms with van der Waals surface area (Å²) < 4.78 is 5.68. The van der Waals surface area contributed by atoms with Crippen LogP contribution in [-0.4, -0.2) is 37.3 Å². The fraction of sp³-hybridized carbons (Fsp3) is 1.00. The first-order valence-corrected chi connectivity index (χ1v) is 6.86. The van der Waals surface area contributed by atoms with Gasteiger partial charge < -0.3 is 10.1 Å². The van der Waals surface area contributed by atoms with Crippen LogP contribution in [0.25, 0.3) is 0 Å². The van der Waals surface area contributed by atoms with E-state index >= 15 is 0 Å². The Balaban J connectivity index is 2.24. The van der Waals surface area contributed by atoms with Gasteiger partial charge in [0.05, 0.1) is 6.10 Å². The highest BCUT2D eigenvalue weighted by atomic mass is 32.2. The van der Waals surface area contributed by atoms with Crippen molar-refractivity contribution in [3.63, 3.8) is 0 Å². The highest BCUT2D eigenvalue weighted by Gasteiger charge is 2.48. The molecular weight excluding hydrogens is 194 g/mol. The summed E-state index contributed by atoms with van der Waals surface area (Å²) in [7, 11) is 0. The van der Waals surface area contributed by atoms with E-state index in [0.29, 0.717) is 17.6 Å². The Morgan fingerprint density at radius 1 is 1.50 bits per heavy atom. The van der Waals surface area contributed by atoms with Gasteiger partial charge in [0.15, 0.2) is 0 Å². The van der Waals surface area contributed by atoms with Crippen LogP contribution < -0.4 is 5.32 Å². The van der Waals surface area contributed by atoms with E-state index in [9.17, 15) is 0 Å². The van der Waals surface area contributed by atoms with Crippen molar-refractivity contribution >= 4 is 11.8 Å². The van der Waals surface area contributed by atoms with Gasteiger partial charge >= 0.3 is 0 Å². The van der Waals surface area contributed by atoms with Crippen molar-refractivity contribution in [2.24, 2.45) is 5.41 Å². The Bertz CT molecular complexity index is 171. The van der Waals surface area contributed by atoms with Gasteiger partial charge in [-0.2, -0.15) is 11.8 Å². The van der Waals surface area contributed by atoms with Crippen LogP contribution in [0.4, 0.5) is 0 Å². The number of nitrogens with one attached hydrogen (secondary N) is 1. The molecule has 1 fully saturated rings. The molecule has 1 N–H and O–H groups in total. The number of ether oxygens (including phenoxy) is 1. The Labute approximate surface area is 92.2 Å². The lowest BCUT2D eigenvalue weighted by Gasteiger charge is -2.52. The van der Waals surface area contributed by atoms with E-state index in [-0.39, 0.29) is 0 Å². The Kier molecular flexibility index (Phi) is 4.74. The van der Waals surface area contributed by atoms with Crippen LogP contribution in [-0.2, 0) is 4.74 Å². The minimum Gasteiger partial charge on any atom is -0.378 e. The van der Waals surface area contributed by atoms with Crippen molar-refractivity contribution in [3.05, 3.63) is 0 Å². The summed E-state index contributed by atoms with van der Waals surface area (Å²) in [6, 6.07) is 0.645. The van der Waals surface area contributed by atoms with E-state index in [0.717, 1.165) is 13.2 Å².